The number of aromatic nitrogens is 6. The van der Waals surface area contributed by atoms with Crippen molar-refractivity contribution in [3.05, 3.63) is 65.6 Å². The molecule has 4 aromatic rings. The van der Waals surface area contributed by atoms with Gasteiger partial charge in [0.15, 0.2) is 5.82 Å². The van der Waals surface area contributed by atoms with E-state index in [9.17, 15) is 13.2 Å². The first kappa shape index (κ1) is 20.1. The van der Waals surface area contributed by atoms with E-state index >= 15 is 0 Å². The molecule has 1 aromatic carbocycles. The van der Waals surface area contributed by atoms with Crippen LogP contribution in [0.3, 0.4) is 0 Å². The molecule has 0 N–H and O–H groups in total. The van der Waals surface area contributed by atoms with Gasteiger partial charge in [-0.05, 0) is 32.0 Å². The normalized spacial score (nSPS) is 11.8. The molecule has 0 fully saturated rings. The molecule has 11 heteroatoms. The maximum absolute atomic E-state index is 12.9. The van der Waals surface area contributed by atoms with Crippen LogP contribution in [0.1, 0.15) is 22.8 Å². The molecule has 7 nitrogen and oxygen atoms in total. The smallest absolute Gasteiger partial charge is 0.338 e. The zero-order chi connectivity index (χ0) is 21.3. The summed E-state index contributed by atoms with van der Waals surface area (Å²) in [6.45, 7) is 3.83. The van der Waals surface area contributed by atoms with Gasteiger partial charge in [-0.3, -0.25) is 0 Å². The summed E-state index contributed by atoms with van der Waals surface area (Å²) < 4.78 is 45.6. The van der Waals surface area contributed by atoms with Crippen molar-refractivity contribution >= 4 is 11.8 Å². The number of rotatable bonds is 5. The molecule has 0 atom stereocenters. The van der Waals surface area contributed by atoms with Crippen LogP contribution in [0.5, 0.6) is 0 Å². The van der Waals surface area contributed by atoms with E-state index in [0.29, 0.717) is 16.6 Å². The second-order valence-corrected chi connectivity index (χ2v) is 7.43. The number of benzene rings is 1. The van der Waals surface area contributed by atoms with Crippen LogP contribution in [0, 0.1) is 13.8 Å². The van der Waals surface area contributed by atoms with Gasteiger partial charge in [0.2, 0.25) is 11.7 Å². The average molecular weight is 432 g/mol. The number of alkyl halides is 3. The Balaban J connectivity index is 1.48. The van der Waals surface area contributed by atoms with Gasteiger partial charge >= 0.3 is 6.18 Å². The van der Waals surface area contributed by atoms with E-state index < -0.39 is 11.7 Å². The van der Waals surface area contributed by atoms with Gasteiger partial charge < -0.3 is 4.52 Å². The highest BCUT2D eigenvalue weighted by atomic mass is 32.2. The molecule has 0 radical (unpaired) electrons. The molecule has 0 aliphatic carbocycles. The molecule has 0 saturated heterocycles. The van der Waals surface area contributed by atoms with Gasteiger partial charge in [0.05, 0.1) is 17.0 Å². The van der Waals surface area contributed by atoms with E-state index in [1.807, 2.05) is 19.9 Å². The van der Waals surface area contributed by atoms with E-state index in [-0.39, 0.29) is 17.3 Å². The first-order valence-electron chi connectivity index (χ1n) is 8.78. The molecule has 0 saturated carbocycles. The molecule has 4 rings (SSSR count). The predicted octanol–water partition coefficient (Wildman–Crippen LogP) is 4.64. The Kier molecular flexibility index (Phi) is 5.29. The summed E-state index contributed by atoms with van der Waals surface area (Å²) in [5, 5.41) is 8.86. The molecule has 0 aliphatic heterocycles. The van der Waals surface area contributed by atoms with Gasteiger partial charge in [-0.2, -0.15) is 23.3 Å². The van der Waals surface area contributed by atoms with E-state index in [0.717, 1.165) is 23.5 Å². The number of hydrogen-bond donors (Lipinski definition) is 0. The number of hydrogen-bond acceptors (Lipinski definition) is 7. The standard InChI is InChI=1S/C19H15F3N6OS/c1-11-6-12(2)28(26-11)15-8-17(24-10-23-15)30-9-16-25-18(27-29-16)13-4-3-5-14(7-13)19(20,21)22/h3-8,10H,9H2,1-2H3. The van der Waals surface area contributed by atoms with Crippen molar-refractivity contribution in [3.63, 3.8) is 0 Å². The van der Waals surface area contributed by atoms with Crippen LogP contribution in [-0.4, -0.2) is 29.9 Å². The summed E-state index contributed by atoms with van der Waals surface area (Å²) in [6.07, 6.45) is -3.00. The van der Waals surface area contributed by atoms with E-state index in [1.54, 1.807) is 10.7 Å². The molecule has 3 aromatic heterocycles. The quantitative estimate of drug-likeness (QED) is 0.336. The van der Waals surface area contributed by atoms with Crippen LogP contribution in [-0.2, 0) is 11.9 Å². The Bertz CT molecular complexity index is 1190. The minimum atomic E-state index is -4.44. The topological polar surface area (TPSA) is 82.5 Å². The summed E-state index contributed by atoms with van der Waals surface area (Å²) >= 11 is 1.34. The van der Waals surface area contributed by atoms with Gasteiger partial charge in [0, 0.05) is 17.3 Å². The molecule has 0 unspecified atom stereocenters. The summed E-state index contributed by atoms with van der Waals surface area (Å²) in [6, 6.07) is 8.53. The summed E-state index contributed by atoms with van der Waals surface area (Å²) in [5.74, 6) is 1.31. The minimum absolute atomic E-state index is 0.0997. The molecular formula is C19H15F3N6OS. The third-order valence-electron chi connectivity index (χ3n) is 4.11. The van der Waals surface area contributed by atoms with E-state index in [4.69, 9.17) is 4.52 Å². The van der Waals surface area contributed by atoms with Crippen LogP contribution >= 0.6 is 11.8 Å². The Morgan fingerprint density at radius 2 is 1.93 bits per heavy atom. The van der Waals surface area contributed by atoms with Crippen LogP contribution in [0.2, 0.25) is 0 Å². The van der Waals surface area contributed by atoms with Crippen LogP contribution in [0.25, 0.3) is 17.2 Å². The van der Waals surface area contributed by atoms with Crippen molar-refractivity contribution in [2.45, 2.75) is 30.8 Å². The van der Waals surface area contributed by atoms with Gasteiger partial charge in [0.1, 0.15) is 11.4 Å². The molecule has 0 amide bonds. The molecule has 154 valence electrons. The maximum atomic E-state index is 12.9. The Morgan fingerprint density at radius 1 is 1.10 bits per heavy atom. The molecular weight excluding hydrogens is 417 g/mol. The van der Waals surface area contributed by atoms with Crippen molar-refractivity contribution in [1.29, 1.82) is 0 Å². The highest BCUT2D eigenvalue weighted by Gasteiger charge is 2.30. The Morgan fingerprint density at radius 3 is 2.67 bits per heavy atom. The largest absolute Gasteiger partial charge is 0.416 e. The lowest BCUT2D eigenvalue weighted by Gasteiger charge is -2.06. The second kappa shape index (κ2) is 7.90. The first-order valence-corrected chi connectivity index (χ1v) is 9.77. The fraction of sp³-hybridized carbons (Fsp3) is 0.211. The number of nitrogens with zero attached hydrogens (tertiary/aromatic N) is 6. The van der Waals surface area contributed by atoms with Crippen molar-refractivity contribution in [2.24, 2.45) is 0 Å². The van der Waals surface area contributed by atoms with Crippen molar-refractivity contribution in [3.8, 4) is 17.2 Å². The number of thioether (sulfide) groups is 1. The molecule has 30 heavy (non-hydrogen) atoms. The Hall–Kier alpha value is -3.21. The van der Waals surface area contributed by atoms with E-state index in [2.05, 4.69) is 25.2 Å². The Labute approximate surface area is 173 Å². The van der Waals surface area contributed by atoms with Crippen molar-refractivity contribution < 1.29 is 17.7 Å². The monoisotopic (exact) mass is 432 g/mol. The first-order chi connectivity index (χ1) is 14.3. The van der Waals surface area contributed by atoms with Crippen LogP contribution < -0.4 is 0 Å². The van der Waals surface area contributed by atoms with Gasteiger partial charge in [-0.25, -0.2) is 14.6 Å². The number of halogens is 3. The fourth-order valence-electron chi connectivity index (χ4n) is 2.79. The highest BCUT2D eigenvalue weighted by molar-refractivity contribution is 7.98. The third-order valence-corrected chi connectivity index (χ3v) is 5.02. The molecule has 3 heterocycles. The molecule has 0 aliphatic rings. The average Bonchev–Trinajstić information content (AvgIpc) is 3.32. The van der Waals surface area contributed by atoms with Gasteiger partial charge in [-0.15, -0.1) is 0 Å². The molecule has 0 spiro atoms. The number of aryl methyl sites for hydroxylation is 2. The third kappa shape index (κ3) is 4.35. The highest BCUT2D eigenvalue weighted by Crippen LogP contribution is 2.31. The lowest BCUT2D eigenvalue weighted by molar-refractivity contribution is -0.137. The second-order valence-electron chi connectivity index (χ2n) is 6.43. The summed E-state index contributed by atoms with van der Waals surface area (Å²) in [4.78, 5) is 12.6. The zero-order valence-electron chi connectivity index (χ0n) is 15.9. The molecule has 0 bridgehead atoms. The van der Waals surface area contributed by atoms with Crippen molar-refractivity contribution in [1.82, 2.24) is 29.9 Å². The van der Waals surface area contributed by atoms with Gasteiger partial charge in [-0.1, -0.05) is 29.1 Å². The predicted molar refractivity (Wildman–Crippen MR) is 103 cm³/mol. The SMILES string of the molecule is Cc1cc(C)n(-c2cc(SCc3nc(-c4cccc(C(F)(F)F)c4)no3)ncn2)n1. The zero-order valence-corrected chi connectivity index (χ0v) is 16.7. The lowest BCUT2D eigenvalue weighted by Crippen LogP contribution is -2.04. The van der Waals surface area contributed by atoms with Crippen LogP contribution in [0.15, 0.2) is 52.3 Å². The van der Waals surface area contributed by atoms with Gasteiger partial charge in [0.25, 0.3) is 0 Å². The van der Waals surface area contributed by atoms with Crippen molar-refractivity contribution in [2.75, 3.05) is 0 Å². The van der Waals surface area contributed by atoms with Crippen LogP contribution in [0.4, 0.5) is 13.2 Å². The lowest BCUT2D eigenvalue weighted by atomic mass is 10.1. The minimum Gasteiger partial charge on any atom is -0.338 e. The summed E-state index contributed by atoms with van der Waals surface area (Å²) in [7, 11) is 0. The summed E-state index contributed by atoms with van der Waals surface area (Å²) in [5.41, 5.74) is 1.30. The fourth-order valence-corrected chi connectivity index (χ4v) is 3.49. The maximum Gasteiger partial charge on any atom is 0.416 e. The van der Waals surface area contributed by atoms with E-state index in [1.165, 1.54) is 30.2 Å².